The average Bonchev–Trinajstić information content (AvgIpc) is 2.82. The first kappa shape index (κ1) is 12.7. The van der Waals surface area contributed by atoms with Gasteiger partial charge in [-0.3, -0.25) is 0 Å². The molecule has 2 atom stereocenters. The summed E-state index contributed by atoms with van der Waals surface area (Å²) in [6, 6.07) is 0. The molecule has 3 rings (SSSR count). The molecule has 1 aromatic heterocycles. The summed E-state index contributed by atoms with van der Waals surface area (Å²) >= 11 is 0. The molecule has 0 spiro atoms. The lowest BCUT2D eigenvalue weighted by Crippen LogP contribution is -2.23. The van der Waals surface area contributed by atoms with Crippen LogP contribution in [0.2, 0.25) is 0 Å². The fraction of sp³-hybridized carbons (Fsp3) is 0.733. The Morgan fingerprint density at radius 3 is 2.37 bits per heavy atom. The highest BCUT2D eigenvalue weighted by molar-refractivity contribution is 5.49. The van der Waals surface area contributed by atoms with Gasteiger partial charge in [0.1, 0.15) is 0 Å². The molecule has 4 heteroatoms. The van der Waals surface area contributed by atoms with Crippen molar-refractivity contribution in [3.8, 4) is 5.88 Å². The lowest BCUT2D eigenvalue weighted by Gasteiger charge is -2.22. The van der Waals surface area contributed by atoms with Crippen molar-refractivity contribution < 1.29 is 4.74 Å². The van der Waals surface area contributed by atoms with Crippen molar-refractivity contribution in [2.75, 3.05) is 18.0 Å². The van der Waals surface area contributed by atoms with Gasteiger partial charge in [0, 0.05) is 25.5 Å². The molecule has 0 bridgehead atoms. The van der Waals surface area contributed by atoms with Crippen molar-refractivity contribution in [3.05, 3.63) is 12.4 Å². The molecule has 1 saturated carbocycles. The molecule has 1 aliphatic heterocycles. The Balaban J connectivity index is 1.79. The lowest BCUT2D eigenvalue weighted by atomic mass is 9.82. The number of anilines is 1. The Kier molecular flexibility index (Phi) is 3.58. The Bertz CT molecular complexity index is 421. The average molecular weight is 261 g/mol. The van der Waals surface area contributed by atoms with Crippen LogP contribution >= 0.6 is 0 Å². The quantitative estimate of drug-likeness (QED) is 0.838. The first-order chi connectivity index (χ1) is 9.24. The van der Waals surface area contributed by atoms with E-state index in [0.29, 0.717) is 5.88 Å². The van der Waals surface area contributed by atoms with Crippen molar-refractivity contribution in [1.82, 2.24) is 9.97 Å². The summed E-state index contributed by atoms with van der Waals surface area (Å²) in [5.41, 5.74) is 0. The second-order valence-electron chi connectivity index (χ2n) is 6.06. The van der Waals surface area contributed by atoms with Gasteiger partial charge in [-0.25, -0.2) is 9.97 Å². The highest BCUT2D eigenvalue weighted by Crippen LogP contribution is 2.39. The third kappa shape index (κ3) is 2.67. The van der Waals surface area contributed by atoms with Crippen LogP contribution in [0.25, 0.3) is 0 Å². The van der Waals surface area contributed by atoms with E-state index in [9.17, 15) is 0 Å². The van der Waals surface area contributed by atoms with E-state index in [-0.39, 0.29) is 6.10 Å². The summed E-state index contributed by atoms with van der Waals surface area (Å²) in [5.74, 6) is 3.33. The van der Waals surface area contributed by atoms with E-state index in [2.05, 4.69) is 14.9 Å². The molecule has 0 N–H and O–H groups in total. The molecule has 19 heavy (non-hydrogen) atoms. The van der Waals surface area contributed by atoms with Crippen molar-refractivity contribution in [1.29, 1.82) is 0 Å². The Labute approximate surface area is 115 Å². The van der Waals surface area contributed by atoms with Gasteiger partial charge < -0.3 is 9.64 Å². The topological polar surface area (TPSA) is 38.3 Å². The summed E-state index contributed by atoms with van der Waals surface area (Å²) in [4.78, 5) is 11.2. The van der Waals surface area contributed by atoms with Crippen LogP contribution in [-0.4, -0.2) is 29.2 Å². The third-order valence-electron chi connectivity index (χ3n) is 4.27. The van der Waals surface area contributed by atoms with Crippen LogP contribution < -0.4 is 9.64 Å². The van der Waals surface area contributed by atoms with Gasteiger partial charge in [-0.2, -0.15) is 0 Å². The summed E-state index contributed by atoms with van der Waals surface area (Å²) in [6.07, 6.45) is 9.16. The first-order valence-electron chi connectivity index (χ1n) is 7.46. The molecular formula is C15H23N3O. The molecule has 1 saturated heterocycles. The minimum atomic E-state index is 0.139. The predicted octanol–water partition coefficient (Wildman–Crippen LogP) is 2.89. The first-order valence-corrected chi connectivity index (χ1v) is 7.46. The number of hydrogen-bond acceptors (Lipinski definition) is 4. The zero-order chi connectivity index (χ0) is 13.2. The van der Waals surface area contributed by atoms with Gasteiger partial charge in [0.2, 0.25) is 0 Å². The van der Waals surface area contributed by atoms with E-state index in [4.69, 9.17) is 4.74 Å². The highest BCUT2D eigenvalue weighted by Gasteiger charge is 2.36. The van der Waals surface area contributed by atoms with Gasteiger partial charge in [0.25, 0.3) is 5.88 Å². The molecule has 0 amide bonds. The fourth-order valence-corrected chi connectivity index (χ4v) is 3.42. The Morgan fingerprint density at radius 1 is 1.11 bits per heavy atom. The van der Waals surface area contributed by atoms with Crippen LogP contribution in [0.15, 0.2) is 12.4 Å². The van der Waals surface area contributed by atoms with Gasteiger partial charge in [0.15, 0.2) is 5.82 Å². The third-order valence-corrected chi connectivity index (χ3v) is 4.27. The largest absolute Gasteiger partial charge is 0.472 e. The van der Waals surface area contributed by atoms with Gasteiger partial charge >= 0.3 is 0 Å². The zero-order valence-corrected chi connectivity index (χ0v) is 11.9. The van der Waals surface area contributed by atoms with Gasteiger partial charge in [-0.05, 0) is 38.5 Å². The maximum absolute atomic E-state index is 5.80. The van der Waals surface area contributed by atoms with Crippen LogP contribution in [0.4, 0.5) is 5.82 Å². The molecule has 2 fully saturated rings. The molecular weight excluding hydrogens is 238 g/mol. The van der Waals surface area contributed by atoms with Crippen LogP contribution in [0.3, 0.4) is 0 Å². The van der Waals surface area contributed by atoms with E-state index in [1.807, 2.05) is 13.8 Å². The van der Waals surface area contributed by atoms with Crippen LogP contribution in [0.1, 0.15) is 39.5 Å². The maximum atomic E-state index is 5.80. The molecule has 0 aromatic carbocycles. The Morgan fingerprint density at radius 2 is 1.74 bits per heavy atom. The number of ether oxygens (including phenoxy) is 1. The minimum Gasteiger partial charge on any atom is -0.472 e. The van der Waals surface area contributed by atoms with Crippen LogP contribution in [-0.2, 0) is 0 Å². The van der Waals surface area contributed by atoms with Crippen molar-refractivity contribution in [2.45, 2.75) is 45.6 Å². The van der Waals surface area contributed by atoms with Gasteiger partial charge in [-0.1, -0.05) is 12.8 Å². The summed E-state index contributed by atoms with van der Waals surface area (Å²) in [5, 5.41) is 0. The fourth-order valence-electron chi connectivity index (χ4n) is 3.42. The van der Waals surface area contributed by atoms with Crippen LogP contribution in [0, 0.1) is 11.8 Å². The van der Waals surface area contributed by atoms with E-state index in [1.54, 1.807) is 12.4 Å². The van der Waals surface area contributed by atoms with E-state index in [0.717, 1.165) is 30.7 Å². The predicted molar refractivity (Wildman–Crippen MR) is 75.5 cm³/mol. The number of aromatic nitrogens is 2. The monoisotopic (exact) mass is 261 g/mol. The Hall–Kier alpha value is -1.32. The lowest BCUT2D eigenvalue weighted by molar-refractivity contribution is 0.232. The van der Waals surface area contributed by atoms with E-state index < -0.39 is 0 Å². The molecule has 2 unspecified atom stereocenters. The maximum Gasteiger partial charge on any atom is 0.257 e. The smallest absolute Gasteiger partial charge is 0.257 e. The van der Waals surface area contributed by atoms with Gasteiger partial charge in [-0.15, -0.1) is 0 Å². The van der Waals surface area contributed by atoms with Crippen molar-refractivity contribution >= 4 is 5.82 Å². The second-order valence-corrected chi connectivity index (χ2v) is 6.06. The molecule has 0 radical (unpaired) electrons. The normalized spacial score (nSPS) is 26.6. The number of fused-ring (bicyclic) bond motifs is 1. The summed E-state index contributed by atoms with van der Waals surface area (Å²) in [7, 11) is 0. The second kappa shape index (κ2) is 5.35. The minimum absolute atomic E-state index is 0.139. The molecule has 1 aliphatic carbocycles. The molecule has 104 valence electrons. The summed E-state index contributed by atoms with van der Waals surface area (Å²) < 4.78 is 5.80. The molecule has 2 aliphatic rings. The number of hydrogen-bond donors (Lipinski definition) is 0. The number of nitrogens with zero attached hydrogens (tertiary/aromatic N) is 3. The van der Waals surface area contributed by atoms with Crippen molar-refractivity contribution in [2.24, 2.45) is 11.8 Å². The summed E-state index contributed by atoms with van der Waals surface area (Å²) in [6.45, 7) is 6.31. The van der Waals surface area contributed by atoms with E-state index in [1.165, 1.54) is 25.7 Å². The highest BCUT2D eigenvalue weighted by atomic mass is 16.5. The number of rotatable bonds is 3. The molecule has 4 nitrogen and oxygen atoms in total. The molecule has 2 heterocycles. The van der Waals surface area contributed by atoms with Gasteiger partial charge in [0.05, 0.1) is 6.10 Å². The standard InChI is InChI=1S/C15H23N3O/c1-11(2)19-15-14(16-7-8-17-15)18-9-12-5-3-4-6-13(12)10-18/h7-8,11-13H,3-6,9-10H2,1-2H3. The van der Waals surface area contributed by atoms with Crippen molar-refractivity contribution in [3.63, 3.8) is 0 Å². The zero-order valence-electron chi connectivity index (χ0n) is 11.9. The SMILES string of the molecule is CC(C)Oc1nccnc1N1CC2CCCCC2C1. The van der Waals surface area contributed by atoms with E-state index >= 15 is 0 Å². The molecule has 1 aromatic rings. The van der Waals surface area contributed by atoms with Crippen LogP contribution in [0.5, 0.6) is 5.88 Å².